The van der Waals surface area contributed by atoms with Crippen LogP contribution in [0.4, 0.5) is 4.39 Å². The van der Waals surface area contributed by atoms with Crippen molar-refractivity contribution in [3.05, 3.63) is 35.6 Å². The van der Waals surface area contributed by atoms with E-state index in [1.165, 1.54) is 12.1 Å². The Morgan fingerprint density at radius 3 is 2.84 bits per heavy atom. The van der Waals surface area contributed by atoms with E-state index in [1.807, 2.05) is 0 Å². The summed E-state index contributed by atoms with van der Waals surface area (Å²) >= 11 is 0. The average molecular weight is 348 g/mol. The van der Waals surface area contributed by atoms with Gasteiger partial charge in [-0.1, -0.05) is 17.3 Å². The second kappa shape index (κ2) is 7.63. The zero-order chi connectivity index (χ0) is 17.8. The summed E-state index contributed by atoms with van der Waals surface area (Å²) in [6, 6.07) is 5.92. The lowest BCUT2D eigenvalue weighted by molar-refractivity contribution is -0.153. The number of carbonyl (C=O) groups excluding carboxylic acids is 2. The van der Waals surface area contributed by atoms with Crippen LogP contribution in [-0.2, 0) is 19.2 Å². The van der Waals surface area contributed by atoms with Gasteiger partial charge in [0.15, 0.2) is 0 Å². The molecular weight excluding hydrogens is 327 g/mol. The van der Waals surface area contributed by atoms with Crippen molar-refractivity contribution >= 4 is 17.6 Å². The second-order valence-electron chi connectivity index (χ2n) is 6.22. The van der Waals surface area contributed by atoms with Crippen molar-refractivity contribution in [2.24, 2.45) is 11.1 Å². The predicted octanol–water partition coefficient (Wildman–Crippen LogP) is 2.12. The van der Waals surface area contributed by atoms with E-state index in [2.05, 4.69) is 5.16 Å². The van der Waals surface area contributed by atoms with Gasteiger partial charge in [0, 0.05) is 19.5 Å². The molecule has 6 nitrogen and oxygen atoms in total. The Morgan fingerprint density at radius 2 is 2.12 bits per heavy atom. The van der Waals surface area contributed by atoms with Gasteiger partial charge >= 0.3 is 5.97 Å². The Labute approximate surface area is 145 Å². The standard InChI is InChI=1S/C18H21FN2O4/c1-2-24-18(23)13-4-3-9-21(11-13)17(22)16-10-15(20-25-16)12-5-7-14(19)8-6-12/h5-8,13,16H,2-4,9-11H2,1H3/t13-,16-/m1/s1. The summed E-state index contributed by atoms with van der Waals surface area (Å²) in [5, 5.41) is 3.97. The Hall–Kier alpha value is -2.44. The molecule has 1 fully saturated rings. The van der Waals surface area contributed by atoms with Crippen LogP contribution in [0.3, 0.4) is 0 Å². The van der Waals surface area contributed by atoms with E-state index in [1.54, 1.807) is 24.0 Å². The molecule has 7 heteroatoms. The number of likely N-dealkylation sites (tertiary alicyclic amines) is 1. The third-order valence-electron chi connectivity index (χ3n) is 4.47. The Bertz CT molecular complexity index is 674. The highest BCUT2D eigenvalue weighted by Crippen LogP contribution is 2.23. The van der Waals surface area contributed by atoms with Crippen molar-refractivity contribution in [1.29, 1.82) is 0 Å². The lowest BCUT2D eigenvalue weighted by Crippen LogP contribution is -2.47. The van der Waals surface area contributed by atoms with Crippen LogP contribution in [-0.4, -0.2) is 48.3 Å². The summed E-state index contributed by atoms with van der Waals surface area (Å²) in [4.78, 5) is 31.5. The predicted molar refractivity (Wildman–Crippen MR) is 88.4 cm³/mol. The molecule has 0 unspecified atom stereocenters. The molecule has 1 aromatic rings. The number of amides is 1. The molecule has 1 aromatic carbocycles. The first kappa shape index (κ1) is 17.4. The number of benzene rings is 1. The lowest BCUT2D eigenvalue weighted by atomic mass is 9.97. The molecule has 0 saturated carbocycles. The summed E-state index contributed by atoms with van der Waals surface area (Å²) in [6.45, 7) is 3.05. The first-order valence-electron chi connectivity index (χ1n) is 8.52. The van der Waals surface area contributed by atoms with Crippen molar-refractivity contribution in [2.75, 3.05) is 19.7 Å². The first-order chi connectivity index (χ1) is 12.1. The van der Waals surface area contributed by atoms with Crippen LogP contribution in [0, 0.1) is 11.7 Å². The van der Waals surface area contributed by atoms with E-state index in [-0.39, 0.29) is 23.6 Å². The van der Waals surface area contributed by atoms with Gasteiger partial charge in [0.05, 0.1) is 18.2 Å². The van der Waals surface area contributed by atoms with E-state index in [9.17, 15) is 14.0 Å². The Kier molecular flexibility index (Phi) is 5.31. The Morgan fingerprint density at radius 1 is 1.36 bits per heavy atom. The molecule has 2 aliphatic rings. The van der Waals surface area contributed by atoms with Crippen LogP contribution in [0.25, 0.3) is 0 Å². The maximum Gasteiger partial charge on any atom is 0.310 e. The van der Waals surface area contributed by atoms with E-state index in [4.69, 9.17) is 9.57 Å². The number of piperidine rings is 1. The van der Waals surface area contributed by atoms with Gasteiger partial charge in [-0.25, -0.2) is 4.39 Å². The minimum Gasteiger partial charge on any atom is -0.466 e. The highest BCUT2D eigenvalue weighted by molar-refractivity contribution is 6.04. The molecule has 1 amide bonds. The molecule has 0 aromatic heterocycles. The number of nitrogens with zero attached hydrogens (tertiary/aromatic N) is 2. The van der Waals surface area contributed by atoms with Crippen molar-refractivity contribution in [2.45, 2.75) is 32.3 Å². The third-order valence-corrected chi connectivity index (χ3v) is 4.47. The maximum absolute atomic E-state index is 13.0. The highest BCUT2D eigenvalue weighted by Gasteiger charge is 2.36. The largest absolute Gasteiger partial charge is 0.466 e. The molecule has 1 saturated heterocycles. The fourth-order valence-electron chi connectivity index (χ4n) is 3.16. The SMILES string of the molecule is CCOC(=O)[C@@H]1CCCN(C(=O)[C@H]2CC(c3ccc(F)cc3)=NO2)C1. The smallest absolute Gasteiger partial charge is 0.310 e. The summed E-state index contributed by atoms with van der Waals surface area (Å²) in [7, 11) is 0. The average Bonchev–Trinajstić information content (AvgIpc) is 3.12. The minimum atomic E-state index is -0.694. The van der Waals surface area contributed by atoms with Crippen LogP contribution >= 0.6 is 0 Å². The summed E-state index contributed by atoms with van der Waals surface area (Å²) in [6.07, 6.45) is 1.13. The van der Waals surface area contributed by atoms with Crippen LogP contribution in [0.1, 0.15) is 31.7 Å². The van der Waals surface area contributed by atoms with Gasteiger partial charge in [0.1, 0.15) is 5.82 Å². The zero-order valence-corrected chi connectivity index (χ0v) is 14.1. The maximum atomic E-state index is 13.0. The normalized spacial score (nSPS) is 23.0. The zero-order valence-electron chi connectivity index (χ0n) is 14.1. The number of esters is 1. The van der Waals surface area contributed by atoms with Gasteiger partial charge < -0.3 is 14.5 Å². The molecule has 2 atom stereocenters. The summed E-state index contributed by atoms with van der Waals surface area (Å²) in [5.41, 5.74) is 1.36. The molecule has 0 spiro atoms. The molecule has 25 heavy (non-hydrogen) atoms. The van der Waals surface area contributed by atoms with Crippen molar-refractivity contribution in [1.82, 2.24) is 4.90 Å². The van der Waals surface area contributed by atoms with E-state index in [0.29, 0.717) is 31.8 Å². The van der Waals surface area contributed by atoms with Crippen LogP contribution in [0.5, 0.6) is 0 Å². The van der Waals surface area contributed by atoms with Crippen molar-refractivity contribution < 1.29 is 23.6 Å². The summed E-state index contributed by atoms with van der Waals surface area (Å²) in [5.74, 6) is -1.03. The number of ether oxygens (including phenoxy) is 1. The lowest BCUT2D eigenvalue weighted by Gasteiger charge is -2.32. The first-order valence-corrected chi connectivity index (χ1v) is 8.52. The number of oxime groups is 1. The number of hydrogen-bond donors (Lipinski definition) is 0. The van der Waals surface area contributed by atoms with Gasteiger partial charge in [0.2, 0.25) is 6.10 Å². The second-order valence-corrected chi connectivity index (χ2v) is 6.22. The Balaban J connectivity index is 1.59. The monoisotopic (exact) mass is 348 g/mol. The molecule has 0 bridgehead atoms. The van der Waals surface area contributed by atoms with E-state index in [0.717, 1.165) is 18.4 Å². The molecule has 0 aliphatic carbocycles. The van der Waals surface area contributed by atoms with Crippen LogP contribution in [0.15, 0.2) is 29.4 Å². The van der Waals surface area contributed by atoms with Gasteiger partial charge in [-0.3, -0.25) is 9.59 Å². The van der Waals surface area contributed by atoms with Crippen LogP contribution < -0.4 is 0 Å². The molecule has 2 aliphatic heterocycles. The highest BCUT2D eigenvalue weighted by atomic mass is 19.1. The summed E-state index contributed by atoms with van der Waals surface area (Å²) < 4.78 is 18.1. The van der Waals surface area contributed by atoms with Gasteiger partial charge in [-0.15, -0.1) is 0 Å². The quantitative estimate of drug-likeness (QED) is 0.782. The van der Waals surface area contributed by atoms with E-state index >= 15 is 0 Å². The van der Waals surface area contributed by atoms with E-state index < -0.39 is 6.10 Å². The van der Waals surface area contributed by atoms with Crippen molar-refractivity contribution in [3.8, 4) is 0 Å². The number of halogens is 1. The number of rotatable bonds is 4. The molecular formula is C18H21FN2O4. The third kappa shape index (κ3) is 3.97. The minimum absolute atomic E-state index is 0.171. The number of hydrogen-bond acceptors (Lipinski definition) is 5. The molecule has 134 valence electrons. The molecule has 0 N–H and O–H groups in total. The molecule has 3 rings (SSSR count). The fourth-order valence-corrected chi connectivity index (χ4v) is 3.16. The fraction of sp³-hybridized carbons (Fsp3) is 0.500. The molecule has 0 radical (unpaired) electrons. The molecule has 2 heterocycles. The van der Waals surface area contributed by atoms with Gasteiger partial charge in [-0.05, 0) is 37.5 Å². The van der Waals surface area contributed by atoms with Gasteiger partial charge in [0.25, 0.3) is 5.91 Å². The van der Waals surface area contributed by atoms with Crippen LogP contribution in [0.2, 0.25) is 0 Å². The van der Waals surface area contributed by atoms with Gasteiger partial charge in [-0.2, -0.15) is 0 Å². The van der Waals surface area contributed by atoms with Crippen molar-refractivity contribution in [3.63, 3.8) is 0 Å². The topological polar surface area (TPSA) is 68.2 Å². The number of carbonyl (C=O) groups is 2.